The summed E-state index contributed by atoms with van der Waals surface area (Å²) >= 11 is 0. The Morgan fingerprint density at radius 1 is 1.23 bits per heavy atom. The zero-order valence-corrected chi connectivity index (χ0v) is 6.82. The number of hydrogen-bond donors (Lipinski definition) is 2. The maximum atomic E-state index is 12.2. The van der Waals surface area contributed by atoms with Crippen molar-refractivity contribution in [1.82, 2.24) is 0 Å². The fourth-order valence-electron chi connectivity index (χ4n) is 1.01. The Balaban J connectivity index is 2.91. The number of aliphatic hydroxyl groups excluding tert-OH is 2. The molecule has 0 heterocycles. The highest BCUT2D eigenvalue weighted by atomic mass is 19.3. The fraction of sp³-hybridized carbons (Fsp3) is 0.333. The number of rotatable bonds is 3. The van der Waals surface area contributed by atoms with Crippen molar-refractivity contribution in [2.24, 2.45) is 0 Å². The lowest BCUT2D eigenvalue weighted by atomic mass is 10.1. The highest BCUT2D eigenvalue weighted by Crippen LogP contribution is 2.22. The molecule has 72 valence electrons. The van der Waals surface area contributed by atoms with Gasteiger partial charge in [0.05, 0.1) is 6.61 Å². The summed E-state index contributed by atoms with van der Waals surface area (Å²) < 4.78 is 24.3. The minimum atomic E-state index is -2.55. The number of benzene rings is 1. The minimum Gasteiger partial charge on any atom is -0.393 e. The van der Waals surface area contributed by atoms with E-state index in [0.717, 1.165) is 0 Å². The van der Waals surface area contributed by atoms with Gasteiger partial charge in [-0.3, -0.25) is 0 Å². The zero-order valence-electron chi connectivity index (χ0n) is 6.82. The van der Waals surface area contributed by atoms with Gasteiger partial charge in [0.15, 0.2) is 0 Å². The van der Waals surface area contributed by atoms with E-state index in [1.807, 2.05) is 0 Å². The molecule has 1 atom stereocenters. The fourth-order valence-corrected chi connectivity index (χ4v) is 1.01. The Hall–Kier alpha value is -1.00. The first kappa shape index (κ1) is 10.1. The first-order chi connectivity index (χ1) is 6.15. The van der Waals surface area contributed by atoms with Crippen molar-refractivity contribution in [1.29, 1.82) is 0 Å². The molecule has 1 unspecified atom stereocenters. The molecule has 0 spiro atoms. The standard InChI is InChI=1S/C9H10F2O2/c10-9(11)7-3-1-2-6(4-7)8(13)5-12/h1-4,8-9,12-13H,5H2. The van der Waals surface area contributed by atoms with Crippen LogP contribution in [0.1, 0.15) is 23.7 Å². The Kier molecular flexibility index (Phi) is 3.33. The molecule has 0 amide bonds. The van der Waals surface area contributed by atoms with Gasteiger partial charge in [0.2, 0.25) is 0 Å². The average molecular weight is 188 g/mol. The summed E-state index contributed by atoms with van der Waals surface area (Å²) in [5, 5.41) is 17.7. The second-order valence-corrected chi connectivity index (χ2v) is 2.67. The average Bonchev–Trinajstić information content (AvgIpc) is 2.17. The maximum Gasteiger partial charge on any atom is 0.263 e. The zero-order chi connectivity index (χ0) is 9.84. The molecule has 0 aliphatic heterocycles. The minimum absolute atomic E-state index is 0.148. The van der Waals surface area contributed by atoms with Crippen LogP contribution in [0.2, 0.25) is 0 Å². The van der Waals surface area contributed by atoms with Crippen molar-refractivity contribution in [3.05, 3.63) is 35.4 Å². The third kappa shape index (κ3) is 2.47. The van der Waals surface area contributed by atoms with E-state index < -0.39 is 19.1 Å². The molecule has 4 heteroatoms. The smallest absolute Gasteiger partial charge is 0.263 e. The van der Waals surface area contributed by atoms with Gasteiger partial charge in [0.1, 0.15) is 6.10 Å². The van der Waals surface area contributed by atoms with Gasteiger partial charge in [-0.15, -0.1) is 0 Å². The van der Waals surface area contributed by atoms with Crippen molar-refractivity contribution in [3.63, 3.8) is 0 Å². The van der Waals surface area contributed by atoms with Crippen LogP contribution in [0.15, 0.2) is 24.3 Å². The molecule has 0 bridgehead atoms. The second-order valence-electron chi connectivity index (χ2n) is 2.67. The van der Waals surface area contributed by atoms with Crippen LogP contribution in [-0.2, 0) is 0 Å². The predicted octanol–water partition coefficient (Wildman–Crippen LogP) is 1.65. The largest absolute Gasteiger partial charge is 0.393 e. The molecule has 1 aromatic rings. The van der Waals surface area contributed by atoms with Crippen molar-refractivity contribution in [3.8, 4) is 0 Å². The molecular weight excluding hydrogens is 178 g/mol. The molecular formula is C9H10F2O2. The number of alkyl halides is 2. The van der Waals surface area contributed by atoms with Gasteiger partial charge in [0, 0.05) is 5.56 Å². The Morgan fingerprint density at radius 3 is 2.38 bits per heavy atom. The Morgan fingerprint density at radius 2 is 1.85 bits per heavy atom. The van der Waals surface area contributed by atoms with Crippen LogP contribution >= 0.6 is 0 Å². The molecule has 2 nitrogen and oxygen atoms in total. The SMILES string of the molecule is OCC(O)c1cccc(C(F)F)c1. The molecule has 0 saturated heterocycles. The van der Waals surface area contributed by atoms with E-state index in [-0.39, 0.29) is 5.56 Å². The third-order valence-electron chi connectivity index (χ3n) is 1.72. The van der Waals surface area contributed by atoms with E-state index in [4.69, 9.17) is 10.2 Å². The number of aliphatic hydroxyl groups is 2. The Labute approximate surface area is 74.4 Å². The third-order valence-corrected chi connectivity index (χ3v) is 1.72. The van der Waals surface area contributed by atoms with Gasteiger partial charge in [0.25, 0.3) is 6.43 Å². The highest BCUT2D eigenvalue weighted by molar-refractivity contribution is 5.25. The van der Waals surface area contributed by atoms with E-state index in [9.17, 15) is 8.78 Å². The summed E-state index contributed by atoms with van der Waals surface area (Å²) in [4.78, 5) is 0. The van der Waals surface area contributed by atoms with Gasteiger partial charge in [-0.2, -0.15) is 0 Å². The van der Waals surface area contributed by atoms with E-state index >= 15 is 0 Å². The quantitative estimate of drug-likeness (QED) is 0.757. The molecule has 1 aromatic carbocycles. The van der Waals surface area contributed by atoms with E-state index in [0.29, 0.717) is 5.56 Å². The van der Waals surface area contributed by atoms with Gasteiger partial charge < -0.3 is 10.2 Å². The lowest BCUT2D eigenvalue weighted by molar-refractivity contribution is 0.0949. The summed E-state index contributed by atoms with van der Waals surface area (Å²) in [6.45, 7) is -0.466. The van der Waals surface area contributed by atoms with Crippen LogP contribution < -0.4 is 0 Å². The van der Waals surface area contributed by atoms with Crippen LogP contribution in [0, 0.1) is 0 Å². The summed E-state index contributed by atoms with van der Waals surface area (Å²) in [7, 11) is 0. The van der Waals surface area contributed by atoms with E-state index in [1.165, 1.54) is 24.3 Å². The molecule has 1 rings (SSSR count). The van der Waals surface area contributed by atoms with Gasteiger partial charge in [-0.1, -0.05) is 18.2 Å². The van der Waals surface area contributed by atoms with Crippen LogP contribution in [0.25, 0.3) is 0 Å². The van der Waals surface area contributed by atoms with Crippen molar-refractivity contribution < 1.29 is 19.0 Å². The molecule has 0 aliphatic rings. The summed E-state index contributed by atoms with van der Waals surface area (Å²) in [6, 6.07) is 5.38. The first-order valence-corrected chi connectivity index (χ1v) is 3.82. The van der Waals surface area contributed by atoms with Crippen molar-refractivity contribution in [2.75, 3.05) is 6.61 Å². The van der Waals surface area contributed by atoms with Crippen LogP contribution in [-0.4, -0.2) is 16.8 Å². The van der Waals surface area contributed by atoms with Gasteiger partial charge >= 0.3 is 0 Å². The van der Waals surface area contributed by atoms with Crippen molar-refractivity contribution in [2.45, 2.75) is 12.5 Å². The van der Waals surface area contributed by atoms with E-state index in [2.05, 4.69) is 0 Å². The van der Waals surface area contributed by atoms with Gasteiger partial charge in [-0.25, -0.2) is 8.78 Å². The summed E-state index contributed by atoms with van der Waals surface area (Å²) in [6.07, 6.45) is -3.63. The maximum absolute atomic E-state index is 12.2. The van der Waals surface area contributed by atoms with Crippen molar-refractivity contribution >= 4 is 0 Å². The van der Waals surface area contributed by atoms with Crippen LogP contribution in [0.5, 0.6) is 0 Å². The first-order valence-electron chi connectivity index (χ1n) is 3.82. The lowest BCUT2D eigenvalue weighted by Gasteiger charge is -2.08. The normalized spacial score (nSPS) is 13.3. The Bertz CT molecular complexity index is 276. The van der Waals surface area contributed by atoms with Gasteiger partial charge in [-0.05, 0) is 11.6 Å². The monoisotopic (exact) mass is 188 g/mol. The van der Waals surface area contributed by atoms with E-state index in [1.54, 1.807) is 0 Å². The van der Waals surface area contributed by atoms with Crippen LogP contribution in [0.4, 0.5) is 8.78 Å². The molecule has 0 aromatic heterocycles. The second kappa shape index (κ2) is 4.30. The molecule has 0 saturated carbocycles. The topological polar surface area (TPSA) is 40.5 Å². The molecule has 0 radical (unpaired) electrons. The number of hydrogen-bond acceptors (Lipinski definition) is 2. The number of halogens is 2. The predicted molar refractivity (Wildman–Crippen MR) is 43.4 cm³/mol. The summed E-state index contributed by atoms with van der Waals surface area (Å²) in [5.41, 5.74) is 0.158. The molecule has 13 heavy (non-hydrogen) atoms. The summed E-state index contributed by atoms with van der Waals surface area (Å²) in [5.74, 6) is 0. The lowest BCUT2D eigenvalue weighted by Crippen LogP contribution is -2.02. The molecule has 2 N–H and O–H groups in total. The molecule has 0 fully saturated rings. The molecule has 0 aliphatic carbocycles. The highest BCUT2D eigenvalue weighted by Gasteiger charge is 2.10. The van der Waals surface area contributed by atoms with Crippen LogP contribution in [0.3, 0.4) is 0 Å².